The van der Waals surface area contributed by atoms with Crippen molar-refractivity contribution in [2.24, 2.45) is 4.99 Å². The minimum absolute atomic E-state index is 0.603. The summed E-state index contributed by atoms with van der Waals surface area (Å²) in [5.41, 5.74) is 1.84. The van der Waals surface area contributed by atoms with Gasteiger partial charge in [-0.05, 0) is 25.8 Å². The molecule has 0 aromatic rings. The topological polar surface area (TPSA) is 21.6 Å². The number of methoxy groups -OCH3 is 1. The van der Waals surface area contributed by atoms with Crippen LogP contribution < -0.4 is 0 Å². The lowest BCUT2D eigenvalue weighted by atomic mass is 10.1. The van der Waals surface area contributed by atoms with E-state index in [0.29, 0.717) is 5.88 Å². The van der Waals surface area contributed by atoms with Crippen LogP contribution in [0.25, 0.3) is 0 Å². The third-order valence-corrected chi connectivity index (χ3v) is 1.86. The van der Waals surface area contributed by atoms with Crippen LogP contribution in [0, 0.1) is 0 Å². The Balaban J connectivity index is 4.72. The van der Waals surface area contributed by atoms with Crippen LogP contribution in [-0.2, 0) is 4.74 Å². The molecule has 0 heterocycles. The number of hydrogen-bond donors (Lipinski definition) is 0. The zero-order valence-electron chi connectivity index (χ0n) is 9.79. The first kappa shape index (κ1) is 13.4. The van der Waals surface area contributed by atoms with E-state index in [9.17, 15) is 0 Å². The molecule has 0 rings (SSSR count). The molecule has 0 aliphatic heterocycles. The summed E-state index contributed by atoms with van der Waals surface area (Å²) < 4.78 is 5.15. The van der Waals surface area contributed by atoms with E-state index >= 15 is 0 Å². The van der Waals surface area contributed by atoms with Crippen LogP contribution >= 0.6 is 0 Å². The monoisotopic (exact) mass is 205 g/mol. The molecule has 0 saturated carbocycles. The minimum atomic E-state index is 0.603. The van der Waals surface area contributed by atoms with Gasteiger partial charge < -0.3 is 4.74 Å². The number of ether oxygens (including phenoxy) is 1. The van der Waals surface area contributed by atoms with Gasteiger partial charge in [0.25, 0.3) is 0 Å². The van der Waals surface area contributed by atoms with Crippen molar-refractivity contribution in [2.75, 3.05) is 7.11 Å². The van der Waals surface area contributed by atoms with E-state index in [0.717, 1.165) is 17.6 Å². The number of rotatable bonds is 6. The first-order valence-corrected chi connectivity index (χ1v) is 4.87. The molecule has 2 heteroatoms. The Morgan fingerprint density at radius 1 is 1.47 bits per heavy atom. The van der Waals surface area contributed by atoms with Crippen molar-refractivity contribution in [3.8, 4) is 0 Å². The van der Waals surface area contributed by atoms with Crippen molar-refractivity contribution < 1.29 is 4.74 Å². The molecule has 0 aromatic carbocycles. The SMILES string of the molecule is C=CC/C=C\C(=C)/C(C)=C(\N=CC)OC. The summed E-state index contributed by atoms with van der Waals surface area (Å²) in [4.78, 5) is 4.11. The van der Waals surface area contributed by atoms with Gasteiger partial charge in [-0.1, -0.05) is 24.8 Å². The molecule has 0 aliphatic carbocycles. The molecule has 0 saturated heterocycles. The van der Waals surface area contributed by atoms with Crippen molar-refractivity contribution >= 4 is 6.21 Å². The molecule has 2 nitrogen and oxygen atoms in total. The maximum absolute atomic E-state index is 5.15. The van der Waals surface area contributed by atoms with Crippen LogP contribution in [-0.4, -0.2) is 13.3 Å². The summed E-state index contributed by atoms with van der Waals surface area (Å²) in [6.07, 6.45) is 8.32. The van der Waals surface area contributed by atoms with Crippen LogP contribution in [0.5, 0.6) is 0 Å². The number of hydrogen-bond acceptors (Lipinski definition) is 2. The fourth-order valence-electron chi connectivity index (χ4n) is 0.989. The third-order valence-electron chi connectivity index (χ3n) is 1.86. The van der Waals surface area contributed by atoms with Crippen LogP contribution in [0.1, 0.15) is 20.3 Å². The highest BCUT2D eigenvalue weighted by Crippen LogP contribution is 2.15. The van der Waals surface area contributed by atoms with Gasteiger partial charge >= 0.3 is 0 Å². The Labute approximate surface area is 92.4 Å². The van der Waals surface area contributed by atoms with Gasteiger partial charge in [-0.15, -0.1) is 6.58 Å². The number of nitrogens with zero attached hydrogens (tertiary/aromatic N) is 1. The molecular formula is C13H19NO. The maximum Gasteiger partial charge on any atom is 0.216 e. The van der Waals surface area contributed by atoms with Crippen molar-refractivity contribution in [3.63, 3.8) is 0 Å². The molecule has 0 atom stereocenters. The molecule has 0 aromatic heterocycles. The Morgan fingerprint density at radius 3 is 2.60 bits per heavy atom. The smallest absolute Gasteiger partial charge is 0.216 e. The van der Waals surface area contributed by atoms with Gasteiger partial charge in [0.2, 0.25) is 5.88 Å². The molecule has 0 spiro atoms. The fraction of sp³-hybridized carbons (Fsp3) is 0.308. The molecule has 0 amide bonds. The lowest BCUT2D eigenvalue weighted by Crippen LogP contribution is -1.91. The fourth-order valence-corrected chi connectivity index (χ4v) is 0.989. The van der Waals surface area contributed by atoms with E-state index in [1.165, 1.54) is 0 Å². The first-order chi connectivity index (χ1) is 7.17. The Bertz CT molecular complexity index is 308. The van der Waals surface area contributed by atoms with Crippen LogP contribution in [0.3, 0.4) is 0 Å². The normalized spacial score (nSPS) is 13.0. The molecule has 0 unspecified atom stereocenters. The molecule has 0 fully saturated rings. The van der Waals surface area contributed by atoms with Crippen LogP contribution in [0.15, 0.2) is 53.4 Å². The molecule has 0 radical (unpaired) electrons. The van der Waals surface area contributed by atoms with Gasteiger partial charge in [0.1, 0.15) is 0 Å². The lowest BCUT2D eigenvalue weighted by Gasteiger charge is -2.05. The Kier molecular flexibility index (Phi) is 6.98. The average Bonchev–Trinajstić information content (AvgIpc) is 2.25. The highest BCUT2D eigenvalue weighted by Gasteiger charge is 2.01. The molecule has 0 N–H and O–H groups in total. The van der Waals surface area contributed by atoms with Crippen LogP contribution in [0.2, 0.25) is 0 Å². The van der Waals surface area contributed by atoms with E-state index in [-0.39, 0.29) is 0 Å². The van der Waals surface area contributed by atoms with Crippen molar-refractivity contribution in [1.29, 1.82) is 0 Å². The van der Waals surface area contributed by atoms with Gasteiger partial charge in [-0.2, -0.15) is 0 Å². The zero-order chi connectivity index (χ0) is 11.7. The molecule has 0 bridgehead atoms. The van der Waals surface area contributed by atoms with E-state index in [4.69, 9.17) is 4.74 Å². The third kappa shape index (κ3) is 5.01. The number of aliphatic imine (C=N–C) groups is 1. The predicted octanol–water partition coefficient (Wildman–Crippen LogP) is 3.64. The number of allylic oxidation sites excluding steroid dienone is 5. The lowest BCUT2D eigenvalue weighted by molar-refractivity contribution is 0.285. The van der Waals surface area contributed by atoms with E-state index in [1.807, 2.05) is 32.1 Å². The summed E-state index contributed by atoms with van der Waals surface area (Å²) in [5, 5.41) is 0. The van der Waals surface area contributed by atoms with Gasteiger partial charge in [0.15, 0.2) is 0 Å². The van der Waals surface area contributed by atoms with Gasteiger partial charge in [0.05, 0.1) is 7.11 Å². The average molecular weight is 205 g/mol. The van der Waals surface area contributed by atoms with Gasteiger partial charge in [-0.25, -0.2) is 4.99 Å². The molecule has 82 valence electrons. The highest BCUT2D eigenvalue weighted by atomic mass is 16.5. The molecular weight excluding hydrogens is 186 g/mol. The second kappa shape index (κ2) is 7.80. The summed E-state index contributed by atoms with van der Waals surface area (Å²) in [5.74, 6) is 0.603. The molecule has 0 aliphatic rings. The second-order valence-corrected chi connectivity index (χ2v) is 2.97. The second-order valence-electron chi connectivity index (χ2n) is 2.97. The van der Waals surface area contributed by atoms with E-state index < -0.39 is 0 Å². The minimum Gasteiger partial charge on any atom is -0.481 e. The van der Waals surface area contributed by atoms with E-state index in [1.54, 1.807) is 13.3 Å². The highest BCUT2D eigenvalue weighted by molar-refractivity contribution is 5.55. The quantitative estimate of drug-likeness (QED) is 0.281. The summed E-state index contributed by atoms with van der Waals surface area (Å²) in [6.45, 7) is 11.4. The standard InChI is InChI=1S/C13H19NO/c1-6-8-9-10-11(3)12(4)13(15-5)14-7-2/h6-7,9-10H,1,3,8H2,2,4-5H3/b10-9-,13-12+,14-7?. The van der Waals surface area contributed by atoms with Crippen molar-refractivity contribution in [2.45, 2.75) is 20.3 Å². The van der Waals surface area contributed by atoms with Gasteiger partial charge in [0, 0.05) is 11.8 Å². The predicted molar refractivity (Wildman–Crippen MR) is 67.0 cm³/mol. The van der Waals surface area contributed by atoms with E-state index in [2.05, 4.69) is 18.2 Å². The van der Waals surface area contributed by atoms with Crippen molar-refractivity contribution in [3.05, 3.63) is 48.4 Å². The molecule has 15 heavy (non-hydrogen) atoms. The zero-order valence-corrected chi connectivity index (χ0v) is 9.79. The maximum atomic E-state index is 5.15. The Morgan fingerprint density at radius 2 is 2.13 bits per heavy atom. The Hall–Kier alpha value is -1.57. The van der Waals surface area contributed by atoms with Gasteiger partial charge in [-0.3, -0.25) is 0 Å². The first-order valence-electron chi connectivity index (χ1n) is 4.87. The summed E-state index contributed by atoms with van der Waals surface area (Å²) in [7, 11) is 1.60. The van der Waals surface area contributed by atoms with Crippen molar-refractivity contribution in [1.82, 2.24) is 0 Å². The summed E-state index contributed by atoms with van der Waals surface area (Å²) >= 11 is 0. The van der Waals surface area contributed by atoms with Crippen LogP contribution in [0.4, 0.5) is 0 Å². The largest absolute Gasteiger partial charge is 0.481 e. The summed E-state index contributed by atoms with van der Waals surface area (Å²) in [6, 6.07) is 0.